The van der Waals surface area contributed by atoms with E-state index in [1.807, 2.05) is 12.1 Å². The lowest BCUT2D eigenvalue weighted by Crippen LogP contribution is -2.27. The third-order valence-corrected chi connectivity index (χ3v) is 3.63. The highest BCUT2D eigenvalue weighted by molar-refractivity contribution is 5.97. The molecule has 0 radical (unpaired) electrons. The number of oxime groups is 1. The molecule has 0 aliphatic heterocycles. The smallest absolute Gasteiger partial charge is 0.170 e. The van der Waals surface area contributed by atoms with E-state index >= 15 is 0 Å². The first-order chi connectivity index (χ1) is 9.15. The van der Waals surface area contributed by atoms with Crippen molar-refractivity contribution in [2.24, 2.45) is 16.8 Å². The molecule has 1 aliphatic carbocycles. The SMILES string of the molecule is COc1ccc(/C(N)=N/O)cc1CNC(C)C1CC1. The Labute approximate surface area is 113 Å². The van der Waals surface area contributed by atoms with Crippen molar-refractivity contribution in [3.8, 4) is 5.75 Å². The molecule has 1 aromatic rings. The van der Waals surface area contributed by atoms with Crippen LogP contribution in [0.4, 0.5) is 0 Å². The minimum atomic E-state index is 0.110. The molecule has 0 amide bonds. The zero-order chi connectivity index (χ0) is 13.8. The number of amidine groups is 1. The number of hydrogen-bond donors (Lipinski definition) is 3. The van der Waals surface area contributed by atoms with Gasteiger partial charge >= 0.3 is 0 Å². The first-order valence-electron chi connectivity index (χ1n) is 6.54. The number of nitrogens with one attached hydrogen (secondary N) is 1. The van der Waals surface area contributed by atoms with Crippen LogP contribution in [-0.4, -0.2) is 24.2 Å². The normalized spacial score (nSPS) is 17.3. The zero-order valence-electron chi connectivity index (χ0n) is 11.4. The van der Waals surface area contributed by atoms with Gasteiger partial charge in [-0.15, -0.1) is 0 Å². The van der Waals surface area contributed by atoms with Crippen molar-refractivity contribution >= 4 is 5.84 Å². The monoisotopic (exact) mass is 263 g/mol. The largest absolute Gasteiger partial charge is 0.496 e. The van der Waals surface area contributed by atoms with E-state index in [0.717, 1.165) is 17.2 Å². The Morgan fingerprint density at radius 1 is 1.58 bits per heavy atom. The molecule has 1 aromatic carbocycles. The summed E-state index contributed by atoms with van der Waals surface area (Å²) in [7, 11) is 1.65. The van der Waals surface area contributed by atoms with Gasteiger partial charge in [0.05, 0.1) is 7.11 Å². The highest BCUT2D eigenvalue weighted by Gasteiger charge is 2.27. The Bertz CT molecular complexity index is 470. The summed E-state index contributed by atoms with van der Waals surface area (Å²) in [6.45, 7) is 2.92. The number of benzene rings is 1. The molecule has 1 fully saturated rings. The molecule has 0 saturated heterocycles. The van der Waals surface area contributed by atoms with Gasteiger partial charge in [-0.1, -0.05) is 5.16 Å². The lowest BCUT2D eigenvalue weighted by Gasteiger charge is -2.15. The van der Waals surface area contributed by atoms with E-state index in [2.05, 4.69) is 17.4 Å². The predicted octanol–water partition coefficient (Wildman–Crippen LogP) is 1.68. The molecule has 1 atom stereocenters. The number of hydrogen-bond acceptors (Lipinski definition) is 4. The fourth-order valence-corrected chi connectivity index (χ4v) is 2.17. The molecule has 0 aromatic heterocycles. The van der Waals surface area contributed by atoms with Crippen molar-refractivity contribution < 1.29 is 9.94 Å². The van der Waals surface area contributed by atoms with Crippen LogP contribution in [0.15, 0.2) is 23.4 Å². The van der Waals surface area contributed by atoms with Gasteiger partial charge < -0.3 is 21.0 Å². The van der Waals surface area contributed by atoms with Crippen LogP contribution in [0, 0.1) is 5.92 Å². The van der Waals surface area contributed by atoms with E-state index < -0.39 is 0 Å². The molecule has 4 N–H and O–H groups in total. The number of ether oxygens (including phenoxy) is 1. The minimum absolute atomic E-state index is 0.110. The van der Waals surface area contributed by atoms with E-state index in [1.54, 1.807) is 13.2 Å². The van der Waals surface area contributed by atoms with Crippen LogP contribution in [0.3, 0.4) is 0 Å². The van der Waals surface area contributed by atoms with Crippen molar-refractivity contribution in [3.05, 3.63) is 29.3 Å². The summed E-state index contributed by atoms with van der Waals surface area (Å²) < 4.78 is 5.34. The van der Waals surface area contributed by atoms with E-state index in [9.17, 15) is 0 Å². The summed E-state index contributed by atoms with van der Waals surface area (Å²) in [5.41, 5.74) is 7.31. The third kappa shape index (κ3) is 3.38. The fourth-order valence-electron chi connectivity index (χ4n) is 2.17. The van der Waals surface area contributed by atoms with Gasteiger partial charge in [0.2, 0.25) is 0 Å². The van der Waals surface area contributed by atoms with Crippen molar-refractivity contribution in [2.45, 2.75) is 32.4 Å². The lowest BCUT2D eigenvalue weighted by atomic mass is 10.1. The average molecular weight is 263 g/mol. The summed E-state index contributed by atoms with van der Waals surface area (Å²) in [6.07, 6.45) is 2.63. The lowest BCUT2D eigenvalue weighted by molar-refractivity contribution is 0.318. The molecular formula is C14H21N3O2. The Morgan fingerprint density at radius 2 is 2.32 bits per heavy atom. The van der Waals surface area contributed by atoms with Gasteiger partial charge in [-0.3, -0.25) is 0 Å². The van der Waals surface area contributed by atoms with Crippen LogP contribution < -0.4 is 15.8 Å². The summed E-state index contributed by atoms with van der Waals surface area (Å²) in [5, 5.41) is 15.2. The van der Waals surface area contributed by atoms with Gasteiger partial charge in [0.1, 0.15) is 5.75 Å². The molecule has 2 rings (SSSR count). The number of nitrogens with two attached hydrogens (primary N) is 1. The molecule has 5 heteroatoms. The molecule has 1 aliphatic rings. The molecule has 0 bridgehead atoms. The van der Waals surface area contributed by atoms with Crippen LogP contribution in [0.25, 0.3) is 0 Å². The van der Waals surface area contributed by atoms with Gasteiger partial charge in [-0.05, 0) is 43.9 Å². The van der Waals surface area contributed by atoms with E-state index in [0.29, 0.717) is 18.2 Å². The molecule has 104 valence electrons. The van der Waals surface area contributed by atoms with Crippen LogP contribution >= 0.6 is 0 Å². The molecular weight excluding hydrogens is 242 g/mol. The maximum absolute atomic E-state index is 8.72. The molecule has 1 saturated carbocycles. The molecule has 0 heterocycles. The van der Waals surface area contributed by atoms with Crippen molar-refractivity contribution in [1.82, 2.24) is 5.32 Å². The van der Waals surface area contributed by atoms with E-state index in [-0.39, 0.29) is 5.84 Å². The first kappa shape index (κ1) is 13.7. The van der Waals surface area contributed by atoms with Crippen LogP contribution in [0.2, 0.25) is 0 Å². The second-order valence-electron chi connectivity index (χ2n) is 5.02. The quantitative estimate of drug-likeness (QED) is 0.316. The van der Waals surface area contributed by atoms with Gasteiger partial charge in [0.25, 0.3) is 0 Å². The third-order valence-electron chi connectivity index (χ3n) is 3.63. The Hall–Kier alpha value is -1.75. The first-order valence-corrected chi connectivity index (χ1v) is 6.54. The Balaban J connectivity index is 2.11. The zero-order valence-corrected chi connectivity index (χ0v) is 11.4. The van der Waals surface area contributed by atoms with Crippen LogP contribution in [-0.2, 0) is 6.54 Å². The maximum Gasteiger partial charge on any atom is 0.170 e. The Morgan fingerprint density at radius 3 is 2.89 bits per heavy atom. The number of rotatable bonds is 6. The number of methoxy groups -OCH3 is 1. The molecule has 0 spiro atoms. The van der Waals surface area contributed by atoms with E-state index in [4.69, 9.17) is 15.7 Å². The second kappa shape index (κ2) is 5.93. The van der Waals surface area contributed by atoms with E-state index in [1.165, 1.54) is 12.8 Å². The summed E-state index contributed by atoms with van der Waals surface area (Å²) >= 11 is 0. The highest BCUT2D eigenvalue weighted by atomic mass is 16.5. The minimum Gasteiger partial charge on any atom is -0.496 e. The highest BCUT2D eigenvalue weighted by Crippen LogP contribution is 2.32. The van der Waals surface area contributed by atoms with Crippen LogP contribution in [0.5, 0.6) is 5.75 Å². The molecule has 5 nitrogen and oxygen atoms in total. The number of nitrogens with zero attached hydrogens (tertiary/aromatic N) is 1. The van der Waals surface area contributed by atoms with Crippen molar-refractivity contribution in [1.29, 1.82) is 0 Å². The van der Waals surface area contributed by atoms with Gasteiger partial charge in [0, 0.05) is 23.7 Å². The van der Waals surface area contributed by atoms with Gasteiger partial charge in [-0.2, -0.15) is 0 Å². The molecule has 19 heavy (non-hydrogen) atoms. The maximum atomic E-state index is 8.72. The standard InChI is InChI=1S/C14H21N3O2/c1-9(10-3-4-10)16-8-12-7-11(14(15)17-18)5-6-13(12)19-2/h5-7,9-10,16,18H,3-4,8H2,1-2H3,(H2,15,17). The average Bonchev–Trinajstić information content (AvgIpc) is 3.28. The summed E-state index contributed by atoms with van der Waals surface area (Å²) in [6, 6.07) is 6.02. The molecule has 1 unspecified atom stereocenters. The fraction of sp³-hybridized carbons (Fsp3) is 0.500. The topological polar surface area (TPSA) is 79.9 Å². The van der Waals surface area contributed by atoms with Gasteiger partial charge in [0.15, 0.2) is 5.84 Å². The summed E-state index contributed by atoms with van der Waals surface area (Å²) in [4.78, 5) is 0. The van der Waals surface area contributed by atoms with Crippen molar-refractivity contribution in [2.75, 3.05) is 7.11 Å². The Kier molecular flexibility index (Phi) is 4.27. The van der Waals surface area contributed by atoms with Gasteiger partial charge in [-0.25, -0.2) is 0 Å². The van der Waals surface area contributed by atoms with Crippen LogP contribution in [0.1, 0.15) is 30.9 Å². The summed E-state index contributed by atoms with van der Waals surface area (Å²) in [5.74, 6) is 1.72. The second-order valence-corrected chi connectivity index (χ2v) is 5.02. The van der Waals surface area contributed by atoms with Crippen molar-refractivity contribution in [3.63, 3.8) is 0 Å². The predicted molar refractivity (Wildman–Crippen MR) is 74.5 cm³/mol.